The highest BCUT2D eigenvalue weighted by Crippen LogP contribution is 2.04. The summed E-state index contributed by atoms with van der Waals surface area (Å²) in [6.07, 6.45) is -0.491. The molecule has 1 unspecified atom stereocenters. The maximum Gasteiger partial charge on any atom is 0.252 e. The number of nitrogens with two attached hydrogens (primary N) is 1. The molecule has 1 amide bonds. The Morgan fingerprint density at radius 3 is 2.79 bits per heavy atom. The molecule has 82 valence electrons. The molecule has 1 aliphatic heterocycles. The van der Waals surface area contributed by atoms with Gasteiger partial charge in [0.25, 0.3) is 5.91 Å². The van der Waals surface area contributed by atoms with Crippen LogP contribution in [-0.2, 0) is 14.3 Å². The molecular formula is C9H18N2O3. The van der Waals surface area contributed by atoms with Crippen molar-refractivity contribution in [3.05, 3.63) is 0 Å². The largest absolute Gasteiger partial charge is 0.376 e. The van der Waals surface area contributed by atoms with E-state index in [1.807, 2.05) is 13.8 Å². The van der Waals surface area contributed by atoms with Crippen molar-refractivity contribution < 1.29 is 14.3 Å². The number of hydrogen-bond donors (Lipinski definition) is 2. The van der Waals surface area contributed by atoms with E-state index >= 15 is 0 Å². The number of rotatable bonds is 3. The second-order valence-corrected chi connectivity index (χ2v) is 4.01. The summed E-state index contributed by atoms with van der Waals surface area (Å²) in [4.78, 5) is 11.6. The van der Waals surface area contributed by atoms with Gasteiger partial charge >= 0.3 is 0 Å². The van der Waals surface area contributed by atoms with Crippen LogP contribution in [0.15, 0.2) is 0 Å². The van der Waals surface area contributed by atoms with Gasteiger partial charge in [0.1, 0.15) is 0 Å². The van der Waals surface area contributed by atoms with Crippen molar-refractivity contribution in [3.63, 3.8) is 0 Å². The Balaban J connectivity index is 2.40. The van der Waals surface area contributed by atoms with Crippen LogP contribution in [0.5, 0.6) is 0 Å². The van der Waals surface area contributed by atoms with E-state index in [9.17, 15) is 4.79 Å². The second kappa shape index (κ2) is 4.72. The van der Waals surface area contributed by atoms with E-state index in [-0.39, 0.29) is 5.91 Å². The van der Waals surface area contributed by atoms with E-state index in [0.717, 1.165) is 0 Å². The van der Waals surface area contributed by atoms with Crippen LogP contribution in [0, 0.1) is 0 Å². The molecule has 5 nitrogen and oxygen atoms in total. The molecule has 14 heavy (non-hydrogen) atoms. The third-order valence-electron chi connectivity index (χ3n) is 2.08. The standard InChI is InChI=1S/C9H18N2O3/c1-9(2,6-10)11-8(12)7-5-13-3-4-14-7/h7H,3-6,10H2,1-2H3,(H,11,12). The molecule has 0 bridgehead atoms. The molecule has 1 aliphatic rings. The fourth-order valence-electron chi connectivity index (χ4n) is 1.10. The highest BCUT2D eigenvalue weighted by atomic mass is 16.6. The van der Waals surface area contributed by atoms with Gasteiger partial charge < -0.3 is 20.5 Å². The highest BCUT2D eigenvalue weighted by molar-refractivity contribution is 5.81. The topological polar surface area (TPSA) is 73.6 Å². The summed E-state index contributed by atoms with van der Waals surface area (Å²) >= 11 is 0. The normalized spacial score (nSPS) is 23.2. The van der Waals surface area contributed by atoms with E-state index < -0.39 is 11.6 Å². The molecule has 0 saturated carbocycles. The second-order valence-electron chi connectivity index (χ2n) is 4.01. The third-order valence-corrected chi connectivity index (χ3v) is 2.08. The fourth-order valence-corrected chi connectivity index (χ4v) is 1.10. The monoisotopic (exact) mass is 202 g/mol. The van der Waals surface area contributed by atoms with Crippen LogP contribution in [0.4, 0.5) is 0 Å². The van der Waals surface area contributed by atoms with Crippen LogP contribution in [0.25, 0.3) is 0 Å². The quantitative estimate of drug-likeness (QED) is 0.632. The van der Waals surface area contributed by atoms with Gasteiger partial charge in [-0.15, -0.1) is 0 Å². The summed E-state index contributed by atoms with van der Waals surface area (Å²) in [5.74, 6) is -0.153. The zero-order valence-corrected chi connectivity index (χ0v) is 8.71. The number of nitrogens with one attached hydrogen (secondary N) is 1. The molecule has 1 heterocycles. The summed E-state index contributed by atoms with van der Waals surface area (Å²) in [6.45, 7) is 5.49. The lowest BCUT2D eigenvalue weighted by Gasteiger charge is -2.28. The van der Waals surface area contributed by atoms with E-state index in [2.05, 4.69) is 5.32 Å². The van der Waals surface area contributed by atoms with Gasteiger partial charge in [0.2, 0.25) is 0 Å². The third kappa shape index (κ3) is 3.25. The summed E-state index contributed by atoms with van der Waals surface area (Å²) in [7, 11) is 0. The van der Waals surface area contributed by atoms with Gasteiger partial charge in [-0.1, -0.05) is 0 Å². The highest BCUT2D eigenvalue weighted by Gasteiger charge is 2.27. The van der Waals surface area contributed by atoms with Crippen molar-refractivity contribution in [3.8, 4) is 0 Å². The van der Waals surface area contributed by atoms with Crippen LogP contribution < -0.4 is 11.1 Å². The number of carbonyl (C=O) groups is 1. The Labute approximate surface area is 83.9 Å². The first-order valence-electron chi connectivity index (χ1n) is 4.76. The van der Waals surface area contributed by atoms with Crippen LogP contribution in [0.2, 0.25) is 0 Å². The van der Waals surface area contributed by atoms with E-state index in [0.29, 0.717) is 26.4 Å². The Morgan fingerprint density at radius 2 is 2.29 bits per heavy atom. The zero-order valence-electron chi connectivity index (χ0n) is 8.71. The number of amides is 1. The van der Waals surface area contributed by atoms with Crippen molar-refractivity contribution in [2.45, 2.75) is 25.5 Å². The minimum Gasteiger partial charge on any atom is -0.376 e. The maximum atomic E-state index is 11.6. The Hall–Kier alpha value is -0.650. The summed E-state index contributed by atoms with van der Waals surface area (Å²) in [6, 6.07) is 0. The number of hydrogen-bond acceptors (Lipinski definition) is 4. The van der Waals surface area contributed by atoms with Crippen LogP contribution in [0.1, 0.15) is 13.8 Å². The zero-order chi connectivity index (χ0) is 10.6. The molecule has 5 heteroatoms. The lowest BCUT2D eigenvalue weighted by molar-refractivity contribution is -0.149. The number of carbonyl (C=O) groups excluding carboxylic acids is 1. The van der Waals surface area contributed by atoms with Gasteiger partial charge in [0.05, 0.1) is 19.8 Å². The molecule has 0 spiro atoms. The molecule has 0 aromatic rings. The summed E-state index contributed by atoms with van der Waals surface area (Å²) < 4.78 is 10.4. The van der Waals surface area contributed by atoms with Gasteiger partial charge in [-0.2, -0.15) is 0 Å². The molecule has 1 fully saturated rings. The first-order chi connectivity index (χ1) is 6.55. The van der Waals surface area contributed by atoms with Gasteiger partial charge in [-0.25, -0.2) is 0 Å². The van der Waals surface area contributed by atoms with Gasteiger partial charge in [-0.3, -0.25) is 4.79 Å². The molecule has 0 radical (unpaired) electrons. The SMILES string of the molecule is CC(C)(CN)NC(=O)C1COCCO1. The van der Waals surface area contributed by atoms with Gasteiger partial charge in [0.15, 0.2) is 6.10 Å². The Morgan fingerprint density at radius 1 is 1.57 bits per heavy atom. The minimum atomic E-state index is -0.491. The van der Waals surface area contributed by atoms with Gasteiger partial charge in [-0.05, 0) is 13.8 Å². The maximum absolute atomic E-state index is 11.6. The number of ether oxygens (including phenoxy) is 2. The predicted octanol–water partition coefficient (Wildman–Crippen LogP) is -0.745. The molecular weight excluding hydrogens is 184 g/mol. The minimum absolute atomic E-state index is 0.153. The van der Waals surface area contributed by atoms with E-state index in [1.165, 1.54) is 0 Å². The first-order valence-corrected chi connectivity index (χ1v) is 4.76. The van der Waals surface area contributed by atoms with E-state index in [4.69, 9.17) is 15.2 Å². The first kappa shape index (κ1) is 11.4. The molecule has 0 aliphatic carbocycles. The lowest BCUT2D eigenvalue weighted by Crippen LogP contribution is -2.54. The fraction of sp³-hybridized carbons (Fsp3) is 0.889. The molecule has 1 atom stereocenters. The molecule has 0 aromatic heterocycles. The van der Waals surface area contributed by atoms with Crippen molar-refractivity contribution in [2.24, 2.45) is 5.73 Å². The predicted molar refractivity (Wildman–Crippen MR) is 51.8 cm³/mol. The van der Waals surface area contributed by atoms with Crippen LogP contribution in [-0.4, -0.2) is 43.9 Å². The van der Waals surface area contributed by atoms with Crippen LogP contribution >= 0.6 is 0 Å². The smallest absolute Gasteiger partial charge is 0.252 e. The van der Waals surface area contributed by atoms with Crippen molar-refractivity contribution >= 4 is 5.91 Å². The average molecular weight is 202 g/mol. The van der Waals surface area contributed by atoms with Crippen molar-refractivity contribution in [2.75, 3.05) is 26.4 Å². The Bertz CT molecular complexity index is 200. The van der Waals surface area contributed by atoms with E-state index in [1.54, 1.807) is 0 Å². The molecule has 3 N–H and O–H groups in total. The Kier molecular flexibility index (Phi) is 3.86. The van der Waals surface area contributed by atoms with Crippen molar-refractivity contribution in [1.82, 2.24) is 5.32 Å². The summed E-state index contributed by atoms with van der Waals surface area (Å²) in [5, 5.41) is 2.81. The average Bonchev–Trinajstić information content (AvgIpc) is 2.19. The molecule has 1 saturated heterocycles. The van der Waals surface area contributed by atoms with Gasteiger partial charge in [0, 0.05) is 12.1 Å². The van der Waals surface area contributed by atoms with Crippen LogP contribution in [0.3, 0.4) is 0 Å². The molecule has 1 rings (SSSR count). The van der Waals surface area contributed by atoms with Crippen molar-refractivity contribution in [1.29, 1.82) is 0 Å². The summed E-state index contributed by atoms with van der Waals surface area (Å²) in [5.41, 5.74) is 5.11. The molecule has 0 aromatic carbocycles. The lowest BCUT2D eigenvalue weighted by atomic mass is 10.1.